The van der Waals surface area contributed by atoms with E-state index in [4.69, 9.17) is 14.7 Å². The predicted octanol–water partition coefficient (Wildman–Crippen LogP) is 6.10. The van der Waals surface area contributed by atoms with E-state index in [1.54, 1.807) is 0 Å². The molecule has 15 heteroatoms. The number of carbonyl (C=O) groups is 4. The van der Waals surface area contributed by atoms with Gasteiger partial charge in [0, 0.05) is 17.7 Å². The van der Waals surface area contributed by atoms with Crippen molar-refractivity contribution in [1.82, 2.24) is 41.2 Å². The first kappa shape index (κ1) is 38.5. The summed E-state index contributed by atoms with van der Waals surface area (Å²) < 4.78 is 15.5. The second-order valence-corrected chi connectivity index (χ2v) is 15.3. The molecule has 1 aliphatic heterocycles. The molecule has 5 aromatic rings. The van der Waals surface area contributed by atoms with Crippen molar-refractivity contribution in [3.05, 3.63) is 78.0 Å². The molecule has 0 spiro atoms. The third-order valence-corrected chi connectivity index (χ3v) is 11.6. The zero-order valence-electron chi connectivity index (χ0n) is 32.7. The van der Waals surface area contributed by atoms with E-state index in [1.165, 1.54) is 14.2 Å². The fraction of sp³-hybridized carbons (Fsp3) is 0.395. The van der Waals surface area contributed by atoms with Gasteiger partial charge in [-0.15, -0.1) is 0 Å². The van der Waals surface area contributed by atoms with Crippen LogP contribution in [0.2, 0.25) is 0 Å². The van der Waals surface area contributed by atoms with Crippen molar-refractivity contribution < 1.29 is 33.4 Å². The Bertz CT molecular complexity index is 2340. The number of alkyl carbamates (subject to hydrolysis) is 2. The van der Waals surface area contributed by atoms with Crippen LogP contribution in [0.4, 0.5) is 9.59 Å². The first-order valence-corrected chi connectivity index (χ1v) is 19.9. The van der Waals surface area contributed by atoms with Gasteiger partial charge >= 0.3 is 12.2 Å². The van der Waals surface area contributed by atoms with Gasteiger partial charge in [-0.05, 0) is 72.2 Å². The highest BCUT2D eigenvalue weighted by Gasteiger charge is 2.41. The van der Waals surface area contributed by atoms with Gasteiger partial charge in [-0.1, -0.05) is 68.5 Å². The third kappa shape index (κ3) is 7.80. The number of nitrogens with one attached hydrogen (secondary N) is 6. The number of H-pyrrole nitrogens is 2. The van der Waals surface area contributed by atoms with Crippen molar-refractivity contribution in [3.63, 3.8) is 0 Å². The lowest BCUT2D eigenvalue weighted by Gasteiger charge is -2.36. The number of carbonyl (C=O) groups excluding carboxylic acids is 4. The van der Waals surface area contributed by atoms with Crippen LogP contribution in [0.25, 0.3) is 44.5 Å². The van der Waals surface area contributed by atoms with E-state index in [0.717, 1.165) is 125 Å². The van der Waals surface area contributed by atoms with Gasteiger partial charge in [0.2, 0.25) is 11.8 Å². The number of rotatable bonds is 10. The molecule has 2 aromatic heterocycles. The zero-order chi connectivity index (χ0) is 40.3. The Morgan fingerprint density at radius 1 is 0.672 bits per heavy atom. The Labute approximate surface area is 335 Å². The van der Waals surface area contributed by atoms with Crippen LogP contribution in [0, 0.1) is 0 Å². The van der Waals surface area contributed by atoms with Crippen molar-refractivity contribution in [3.8, 4) is 39.3 Å². The topological polar surface area (TPSA) is 201 Å². The van der Waals surface area contributed by atoms with Crippen LogP contribution in [0.15, 0.2) is 60.7 Å². The number of methoxy groups -OCH3 is 2. The summed E-state index contributed by atoms with van der Waals surface area (Å²) in [5.41, 5.74) is 7.21. The van der Waals surface area contributed by atoms with Crippen LogP contribution in [-0.2, 0) is 36.6 Å². The molecular formula is C43H48N8O7. The molecule has 2 saturated carbocycles. The van der Waals surface area contributed by atoms with Gasteiger partial charge in [-0.2, -0.15) is 0 Å². The zero-order valence-corrected chi connectivity index (χ0v) is 32.7. The van der Waals surface area contributed by atoms with E-state index in [2.05, 4.69) is 95.3 Å². The molecule has 0 bridgehead atoms. The van der Waals surface area contributed by atoms with Gasteiger partial charge < -0.3 is 45.4 Å². The minimum absolute atomic E-state index is 0.178. The molecule has 0 saturated heterocycles. The molecular weight excluding hydrogens is 741 g/mol. The standard InChI is InChI=1S/C43H48N8O7/c1-56-40(54)44-24-35(52)50-42(17-4-3-5-18-42)38-46-31-15-13-28(22-33(31)48-38)26-8-10-27(11-9-26)29-12-14-30-34(23-29)58-21-16-32-37(30)49-39(47-32)43(19-6-7-20-43)51-36(53)25-45-41(55)57-2/h8-15,22-23H,3-7,16-21,24-25H2,1-2H3,(H,44,54)(H,45,55)(H,46,48)(H,47,49)(H,50,52)(H,51,53). The second-order valence-electron chi connectivity index (χ2n) is 15.3. The Balaban J connectivity index is 0.997. The van der Waals surface area contributed by atoms with Crippen LogP contribution in [0.1, 0.15) is 75.1 Å². The molecule has 58 heavy (non-hydrogen) atoms. The summed E-state index contributed by atoms with van der Waals surface area (Å²) in [5, 5.41) is 11.2. The molecule has 6 N–H and O–H groups in total. The molecule has 8 rings (SSSR count). The first-order chi connectivity index (χ1) is 28.2. The minimum atomic E-state index is -0.656. The molecule has 3 heterocycles. The smallest absolute Gasteiger partial charge is 0.407 e. The molecule has 2 fully saturated rings. The maximum absolute atomic E-state index is 12.9. The highest BCUT2D eigenvalue weighted by atomic mass is 16.5. The number of aromatic amines is 2. The average Bonchev–Trinajstić information content (AvgIpc) is 4.00. The quantitative estimate of drug-likeness (QED) is 0.0968. The second kappa shape index (κ2) is 16.2. The number of nitrogens with zero attached hydrogens (tertiary/aromatic N) is 2. The molecule has 302 valence electrons. The Morgan fingerprint density at radius 2 is 1.21 bits per heavy atom. The Morgan fingerprint density at radius 3 is 1.81 bits per heavy atom. The van der Waals surface area contributed by atoms with E-state index >= 15 is 0 Å². The summed E-state index contributed by atoms with van der Waals surface area (Å²) >= 11 is 0. The Kier molecular flexibility index (Phi) is 10.8. The molecule has 15 nitrogen and oxygen atoms in total. The van der Waals surface area contributed by atoms with Gasteiger partial charge in [0.1, 0.15) is 30.5 Å². The lowest BCUT2D eigenvalue weighted by atomic mass is 9.81. The normalized spacial score (nSPS) is 16.5. The van der Waals surface area contributed by atoms with Crippen molar-refractivity contribution in [2.45, 2.75) is 75.3 Å². The molecule has 3 aliphatic rings. The number of imidazole rings is 2. The number of ether oxygens (including phenoxy) is 3. The summed E-state index contributed by atoms with van der Waals surface area (Å²) in [6.07, 6.45) is 7.26. The lowest BCUT2D eigenvalue weighted by Crippen LogP contribution is -2.51. The van der Waals surface area contributed by atoms with E-state index in [9.17, 15) is 19.2 Å². The maximum Gasteiger partial charge on any atom is 0.407 e. The van der Waals surface area contributed by atoms with Crippen molar-refractivity contribution in [2.75, 3.05) is 33.9 Å². The average molecular weight is 789 g/mol. The monoisotopic (exact) mass is 788 g/mol. The van der Waals surface area contributed by atoms with Crippen LogP contribution < -0.4 is 26.0 Å². The van der Waals surface area contributed by atoms with Crippen LogP contribution >= 0.6 is 0 Å². The van der Waals surface area contributed by atoms with Gasteiger partial charge in [-0.3, -0.25) is 9.59 Å². The highest BCUT2D eigenvalue weighted by Crippen LogP contribution is 2.43. The third-order valence-electron chi connectivity index (χ3n) is 11.6. The number of hydrogen-bond donors (Lipinski definition) is 6. The first-order valence-electron chi connectivity index (χ1n) is 19.9. The number of aromatic nitrogens is 4. The highest BCUT2D eigenvalue weighted by molar-refractivity contribution is 5.85. The van der Waals surface area contributed by atoms with E-state index < -0.39 is 23.3 Å². The lowest BCUT2D eigenvalue weighted by molar-refractivity contribution is -0.123. The van der Waals surface area contributed by atoms with Gasteiger partial charge in [-0.25, -0.2) is 19.6 Å². The maximum atomic E-state index is 12.9. The van der Waals surface area contributed by atoms with Gasteiger partial charge in [0.15, 0.2) is 0 Å². The molecule has 0 unspecified atom stereocenters. The number of fused-ring (bicyclic) bond motifs is 4. The summed E-state index contributed by atoms with van der Waals surface area (Å²) in [5.74, 6) is 1.60. The van der Waals surface area contributed by atoms with Crippen LogP contribution in [-0.4, -0.2) is 77.9 Å². The van der Waals surface area contributed by atoms with E-state index in [1.807, 2.05) is 6.07 Å². The fourth-order valence-corrected chi connectivity index (χ4v) is 8.64. The van der Waals surface area contributed by atoms with Crippen LogP contribution in [0.3, 0.4) is 0 Å². The molecule has 2 aliphatic carbocycles. The SMILES string of the molecule is COC(=O)NCC(=O)NC1(c2nc3c([nH]2)CCOc2cc(-c4ccc(-c5ccc6nc(C7(NC(=O)CNC(=O)OC)CCCCC7)[nH]c6c5)cc4)ccc2-3)CCCC1. The number of hydrogen-bond acceptors (Lipinski definition) is 9. The van der Waals surface area contributed by atoms with Gasteiger partial charge in [0.05, 0.1) is 48.6 Å². The largest absolute Gasteiger partial charge is 0.492 e. The van der Waals surface area contributed by atoms with Crippen molar-refractivity contribution >= 4 is 35.0 Å². The van der Waals surface area contributed by atoms with Gasteiger partial charge in [0.25, 0.3) is 0 Å². The van der Waals surface area contributed by atoms with Crippen molar-refractivity contribution in [2.24, 2.45) is 0 Å². The Hall–Kier alpha value is -6.38. The summed E-state index contributed by atoms with van der Waals surface area (Å²) in [7, 11) is 2.53. The fourth-order valence-electron chi connectivity index (χ4n) is 8.64. The minimum Gasteiger partial charge on any atom is -0.492 e. The molecule has 0 radical (unpaired) electrons. The number of benzene rings is 3. The van der Waals surface area contributed by atoms with Crippen molar-refractivity contribution in [1.29, 1.82) is 0 Å². The number of amides is 4. The summed E-state index contributed by atoms with van der Waals surface area (Å²) in [4.78, 5) is 66.0. The molecule has 4 amide bonds. The van der Waals surface area contributed by atoms with E-state index in [-0.39, 0.29) is 24.9 Å². The van der Waals surface area contributed by atoms with Crippen LogP contribution in [0.5, 0.6) is 5.75 Å². The van der Waals surface area contributed by atoms with E-state index in [0.29, 0.717) is 13.0 Å². The molecule has 0 atom stereocenters. The summed E-state index contributed by atoms with van der Waals surface area (Å²) in [6.45, 7) is 0.117. The predicted molar refractivity (Wildman–Crippen MR) is 216 cm³/mol. The summed E-state index contributed by atoms with van der Waals surface area (Å²) in [6, 6.07) is 20.7. The molecule has 3 aromatic carbocycles.